The smallest absolute Gasteiger partial charge is 0.277 e. The number of benzene rings is 2. The van der Waals surface area contributed by atoms with Gasteiger partial charge >= 0.3 is 0 Å². The van der Waals surface area contributed by atoms with E-state index in [0.717, 1.165) is 35.0 Å². The number of hydrogen-bond acceptors (Lipinski definition) is 2. The highest BCUT2D eigenvalue weighted by Crippen LogP contribution is 2.55. The van der Waals surface area contributed by atoms with Crippen molar-refractivity contribution in [2.24, 2.45) is 11.3 Å². The second-order valence-electron chi connectivity index (χ2n) is 7.76. The molecule has 0 aromatic heterocycles. The van der Waals surface area contributed by atoms with Gasteiger partial charge in [-0.15, -0.1) is 0 Å². The summed E-state index contributed by atoms with van der Waals surface area (Å²) in [6.07, 6.45) is 2.63. The van der Waals surface area contributed by atoms with Crippen molar-refractivity contribution in [3.8, 4) is 16.9 Å². The van der Waals surface area contributed by atoms with Gasteiger partial charge in [0.05, 0.1) is 5.30 Å². The van der Waals surface area contributed by atoms with Gasteiger partial charge in [-0.3, -0.25) is 4.57 Å². The van der Waals surface area contributed by atoms with Crippen LogP contribution >= 0.6 is 7.37 Å². The summed E-state index contributed by atoms with van der Waals surface area (Å²) < 4.78 is 19.9. The van der Waals surface area contributed by atoms with E-state index in [2.05, 4.69) is 33.8 Å². The largest absolute Gasteiger partial charge is 0.439 e. The van der Waals surface area contributed by atoms with Gasteiger partial charge in [-0.25, -0.2) is 0 Å². The van der Waals surface area contributed by atoms with E-state index in [9.17, 15) is 4.57 Å². The summed E-state index contributed by atoms with van der Waals surface area (Å²) in [5.41, 5.74) is 2.33. The molecule has 2 unspecified atom stereocenters. The van der Waals surface area contributed by atoms with Gasteiger partial charge in [0.1, 0.15) is 5.75 Å². The van der Waals surface area contributed by atoms with Crippen molar-refractivity contribution in [1.82, 2.24) is 0 Å². The lowest BCUT2D eigenvalue weighted by Crippen LogP contribution is -2.24. The molecule has 0 N–H and O–H groups in total. The monoisotopic (exact) mass is 342 g/mol. The van der Waals surface area contributed by atoms with Crippen LogP contribution in [0.5, 0.6) is 5.75 Å². The molecule has 0 saturated carbocycles. The fourth-order valence-corrected chi connectivity index (χ4v) is 6.15. The predicted octanol–water partition coefficient (Wildman–Crippen LogP) is 6.11. The third-order valence-corrected chi connectivity index (χ3v) is 7.65. The van der Waals surface area contributed by atoms with E-state index >= 15 is 0 Å². The molecule has 0 radical (unpaired) electrons. The normalized spacial score (nSPS) is 20.7. The molecule has 128 valence electrons. The Kier molecular flexibility index (Phi) is 4.62. The molecular formula is C21H27O2P. The maximum atomic E-state index is 13.7. The second kappa shape index (κ2) is 6.41. The molecule has 0 saturated heterocycles. The summed E-state index contributed by atoms with van der Waals surface area (Å²) in [6, 6.07) is 15.9. The lowest BCUT2D eigenvalue weighted by Gasteiger charge is -2.33. The van der Waals surface area contributed by atoms with Crippen LogP contribution in [-0.2, 0) is 4.57 Å². The molecular weight excluding hydrogens is 315 g/mol. The number of para-hydroxylation sites is 1. The Balaban J connectivity index is 1.95. The highest BCUT2D eigenvalue weighted by molar-refractivity contribution is 7.67. The van der Waals surface area contributed by atoms with E-state index in [4.69, 9.17) is 4.52 Å². The molecule has 1 heterocycles. The summed E-state index contributed by atoms with van der Waals surface area (Å²) in [5.74, 6) is 1.29. The van der Waals surface area contributed by atoms with E-state index in [-0.39, 0.29) is 5.41 Å². The maximum absolute atomic E-state index is 13.7. The molecule has 2 aromatic rings. The van der Waals surface area contributed by atoms with Gasteiger partial charge in [-0.1, -0.05) is 70.5 Å². The van der Waals surface area contributed by atoms with Gasteiger partial charge in [0, 0.05) is 11.7 Å². The zero-order valence-electron chi connectivity index (χ0n) is 15.1. The Labute approximate surface area is 145 Å². The van der Waals surface area contributed by atoms with Crippen LogP contribution in [0.4, 0.5) is 0 Å². The molecule has 24 heavy (non-hydrogen) atoms. The van der Waals surface area contributed by atoms with Crippen molar-refractivity contribution >= 4 is 12.7 Å². The minimum Gasteiger partial charge on any atom is -0.439 e. The van der Waals surface area contributed by atoms with Gasteiger partial charge in [-0.05, 0) is 35.4 Å². The van der Waals surface area contributed by atoms with Gasteiger partial charge < -0.3 is 4.52 Å². The molecule has 2 nitrogen and oxygen atoms in total. The van der Waals surface area contributed by atoms with Crippen LogP contribution in [0.1, 0.15) is 40.5 Å². The molecule has 3 heteroatoms. The molecule has 2 atom stereocenters. The summed E-state index contributed by atoms with van der Waals surface area (Å²) in [6.45, 7) is 9.02. The van der Waals surface area contributed by atoms with Crippen LogP contribution in [0.2, 0.25) is 0 Å². The molecule has 3 rings (SSSR count). The number of hydrogen-bond donors (Lipinski definition) is 0. The summed E-state index contributed by atoms with van der Waals surface area (Å²) in [4.78, 5) is 0. The van der Waals surface area contributed by atoms with E-state index in [1.54, 1.807) is 0 Å². The Hall–Kier alpha value is -1.53. The van der Waals surface area contributed by atoms with Crippen LogP contribution < -0.4 is 9.83 Å². The van der Waals surface area contributed by atoms with Crippen molar-refractivity contribution in [3.63, 3.8) is 0 Å². The minimum absolute atomic E-state index is 0.223. The first-order valence-electron chi connectivity index (χ1n) is 8.83. The molecule has 1 aliphatic rings. The third-order valence-electron chi connectivity index (χ3n) is 5.18. The Morgan fingerprint density at radius 1 is 1.00 bits per heavy atom. The van der Waals surface area contributed by atoms with E-state index in [1.165, 1.54) is 0 Å². The first-order chi connectivity index (χ1) is 11.3. The van der Waals surface area contributed by atoms with Crippen LogP contribution in [0, 0.1) is 11.3 Å². The average Bonchev–Trinajstić information content (AvgIpc) is 2.54. The molecule has 0 bridgehead atoms. The van der Waals surface area contributed by atoms with Gasteiger partial charge in [0.2, 0.25) is 0 Å². The quantitative estimate of drug-likeness (QED) is 0.626. The van der Waals surface area contributed by atoms with Crippen LogP contribution in [0.15, 0.2) is 48.5 Å². The molecule has 2 aromatic carbocycles. The van der Waals surface area contributed by atoms with Gasteiger partial charge in [-0.2, -0.15) is 0 Å². The summed E-state index contributed by atoms with van der Waals surface area (Å²) in [7, 11) is -2.87. The van der Waals surface area contributed by atoms with E-state index in [0.29, 0.717) is 12.1 Å². The minimum atomic E-state index is -2.87. The van der Waals surface area contributed by atoms with Crippen molar-refractivity contribution < 1.29 is 9.09 Å². The zero-order valence-corrected chi connectivity index (χ0v) is 16.0. The molecule has 0 amide bonds. The Bertz CT molecular complexity index is 773. The van der Waals surface area contributed by atoms with Crippen LogP contribution in [-0.4, -0.2) is 6.16 Å². The van der Waals surface area contributed by atoms with Crippen LogP contribution in [0.3, 0.4) is 0 Å². The molecule has 0 aliphatic carbocycles. The van der Waals surface area contributed by atoms with Gasteiger partial charge in [0.15, 0.2) is 0 Å². The van der Waals surface area contributed by atoms with Crippen LogP contribution in [0.25, 0.3) is 11.1 Å². The lowest BCUT2D eigenvalue weighted by molar-refractivity contribution is 0.226. The molecule has 1 aliphatic heterocycles. The van der Waals surface area contributed by atoms with Crippen molar-refractivity contribution in [3.05, 3.63) is 48.5 Å². The zero-order chi connectivity index (χ0) is 17.4. The first kappa shape index (κ1) is 17.3. The highest BCUT2D eigenvalue weighted by Gasteiger charge is 2.37. The summed E-state index contributed by atoms with van der Waals surface area (Å²) >= 11 is 0. The maximum Gasteiger partial charge on any atom is 0.277 e. The molecule has 0 fully saturated rings. The van der Waals surface area contributed by atoms with Gasteiger partial charge in [0.25, 0.3) is 7.37 Å². The number of fused-ring (bicyclic) bond motifs is 3. The Morgan fingerprint density at radius 2 is 1.62 bits per heavy atom. The highest BCUT2D eigenvalue weighted by atomic mass is 31.2. The predicted molar refractivity (Wildman–Crippen MR) is 102 cm³/mol. The van der Waals surface area contributed by atoms with Crippen molar-refractivity contribution in [1.29, 1.82) is 0 Å². The third kappa shape index (κ3) is 3.17. The average molecular weight is 342 g/mol. The fourth-order valence-electron chi connectivity index (χ4n) is 3.72. The Morgan fingerprint density at radius 3 is 2.29 bits per heavy atom. The topological polar surface area (TPSA) is 26.3 Å². The number of rotatable bonds is 4. The van der Waals surface area contributed by atoms with E-state index in [1.807, 2.05) is 42.5 Å². The lowest BCUT2D eigenvalue weighted by atomic mass is 9.78. The second-order valence-corrected chi connectivity index (χ2v) is 10.2. The SMILES string of the molecule is CCC(CCP1(=O)Oc2ccccc2-c2ccccc21)C(C)(C)C. The molecule has 0 spiro atoms. The van der Waals surface area contributed by atoms with Crippen molar-refractivity contribution in [2.45, 2.75) is 40.5 Å². The van der Waals surface area contributed by atoms with Crippen molar-refractivity contribution in [2.75, 3.05) is 6.16 Å². The standard InChI is InChI=1S/C21H27O2P/c1-5-16(21(2,3)4)14-15-24(22)20-13-9-7-11-18(20)17-10-6-8-12-19(17)23-24/h6-13,16H,5,14-15H2,1-4H3. The van der Waals surface area contributed by atoms with E-state index < -0.39 is 7.37 Å². The fraction of sp³-hybridized carbons (Fsp3) is 0.429. The first-order valence-corrected chi connectivity index (χ1v) is 10.6. The summed E-state index contributed by atoms with van der Waals surface area (Å²) in [5, 5.41) is 0.882.